The van der Waals surface area contributed by atoms with Crippen LogP contribution in [0.15, 0.2) is 42.5 Å². The third-order valence-corrected chi connectivity index (χ3v) is 2.03. The molecule has 0 aromatic heterocycles. The molecule has 0 N–H and O–H groups in total. The van der Waals surface area contributed by atoms with Crippen LogP contribution in [0.2, 0.25) is 0 Å². The van der Waals surface area contributed by atoms with Crippen molar-refractivity contribution in [3.63, 3.8) is 0 Å². The average molecular weight is 240 g/mol. The fourth-order valence-corrected chi connectivity index (χ4v) is 1.31. The Hall–Kier alpha value is -1.71. The number of ether oxygens (including phenoxy) is 1. The summed E-state index contributed by atoms with van der Waals surface area (Å²) < 4.78 is 31.4. The van der Waals surface area contributed by atoms with Crippen LogP contribution in [0.1, 0.15) is 12.5 Å². The number of hydrogen-bond acceptors (Lipinski definition) is 2. The van der Waals surface area contributed by atoms with E-state index in [1.165, 1.54) is 0 Å². The average Bonchev–Trinajstić information content (AvgIpc) is 2.28. The monoisotopic (exact) mass is 240 g/mol. The molecule has 0 aliphatic carbocycles. The molecule has 0 spiro atoms. The van der Waals surface area contributed by atoms with Crippen LogP contribution in [0.25, 0.3) is 0 Å². The molecular weight excluding hydrogens is 226 g/mol. The molecule has 0 aliphatic rings. The number of carbonyl (C=O) groups excluding carboxylic acids is 1. The number of halogens is 2. The summed E-state index contributed by atoms with van der Waals surface area (Å²) in [6, 6.07) is 8.38. The Labute approximate surface area is 98.9 Å². The van der Waals surface area contributed by atoms with Gasteiger partial charge in [-0.2, -0.15) is 0 Å². The van der Waals surface area contributed by atoms with Crippen LogP contribution < -0.4 is 0 Å². The van der Waals surface area contributed by atoms with Crippen LogP contribution in [0.5, 0.6) is 0 Å². The van der Waals surface area contributed by atoms with E-state index in [4.69, 9.17) is 0 Å². The van der Waals surface area contributed by atoms with E-state index < -0.39 is 18.3 Å². The Bertz CT molecular complexity index is 386. The molecule has 0 saturated heterocycles. The fourth-order valence-electron chi connectivity index (χ4n) is 1.31. The number of carbonyl (C=O) groups is 1. The van der Waals surface area contributed by atoms with Gasteiger partial charge in [0, 0.05) is 12.5 Å². The summed E-state index contributed by atoms with van der Waals surface area (Å²) in [6.45, 7) is 1.79. The zero-order chi connectivity index (χ0) is 12.7. The first-order chi connectivity index (χ1) is 8.03. The summed E-state index contributed by atoms with van der Waals surface area (Å²) in [5.41, 5.74) is 0.519. The van der Waals surface area contributed by atoms with Crippen LogP contribution in [0.3, 0.4) is 0 Å². The van der Waals surface area contributed by atoms with Gasteiger partial charge >= 0.3 is 5.97 Å². The summed E-state index contributed by atoms with van der Waals surface area (Å²) in [5.74, 6) is -3.80. The minimum atomic E-state index is -3.05. The Balaban J connectivity index is 2.60. The van der Waals surface area contributed by atoms with E-state index in [9.17, 15) is 13.6 Å². The largest absolute Gasteiger partial charge is 0.463 e. The van der Waals surface area contributed by atoms with Gasteiger partial charge in [0.1, 0.15) is 0 Å². The minimum absolute atomic E-state index is 0.174. The third-order valence-electron chi connectivity index (χ3n) is 2.03. The zero-order valence-electron chi connectivity index (χ0n) is 9.53. The highest BCUT2D eigenvalue weighted by Crippen LogP contribution is 2.21. The second kappa shape index (κ2) is 6.13. The smallest absolute Gasteiger partial charge is 0.330 e. The van der Waals surface area contributed by atoms with Crippen molar-refractivity contribution in [1.82, 2.24) is 0 Å². The molecule has 4 heteroatoms. The van der Waals surface area contributed by atoms with Crippen molar-refractivity contribution in [3.05, 3.63) is 48.0 Å². The van der Waals surface area contributed by atoms with Crippen LogP contribution in [-0.4, -0.2) is 18.5 Å². The van der Waals surface area contributed by atoms with E-state index in [2.05, 4.69) is 4.74 Å². The Kier molecular flexibility index (Phi) is 4.82. The number of benzene rings is 1. The molecule has 0 unspecified atom stereocenters. The molecule has 0 amide bonds. The number of allylic oxidation sites excluding steroid dienone is 1. The summed E-state index contributed by atoms with van der Waals surface area (Å²) in [6.07, 6.45) is 0.925. The molecule has 92 valence electrons. The molecule has 1 rings (SSSR count). The van der Waals surface area contributed by atoms with Crippen LogP contribution in [-0.2, 0) is 16.0 Å². The van der Waals surface area contributed by atoms with Gasteiger partial charge in [-0.05, 0) is 18.6 Å². The normalized spacial score (nSPS) is 11.7. The van der Waals surface area contributed by atoms with Crippen molar-refractivity contribution in [3.8, 4) is 0 Å². The van der Waals surface area contributed by atoms with Crippen molar-refractivity contribution in [1.29, 1.82) is 0 Å². The maximum absolute atomic E-state index is 13.4. The Morgan fingerprint density at radius 2 is 2.00 bits per heavy atom. The van der Waals surface area contributed by atoms with Crippen molar-refractivity contribution >= 4 is 5.97 Å². The SMILES string of the molecule is CCOC(=O)/C=C/C(F)(F)Cc1ccccc1. The number of hydrogen-bond donors (Lipinski definition) is 0. The van der Waals surface area contributed by atoms with Crippen molar-refractivity contribution in [2.24, 2.45) is 0 Å². The maximum Gasteiger partial charge on any atom is 0.330 e. The van der Waals surface area contributed by atoms with Gasteiger partial charge in [0.15, 0.2) is 0 Å². The highest BCUT2D eigenvalue weighted by atomic mass is 19.3. The minimum Gasteiger partial charge on any atom is -0.463 e. The van der Waals surface area contributed by atoms with Gasteiger partial charge in [-0.15, -0.1) is 0 Å². The molecule has 0 saturated carbocycles. The zero-order valence-corrected chi connectivity index (χ0v) is 9.53. The van der Waals surface area contributed by atoms with Crippen LogP contribution >= 0.6 is 0 Å². The van der Waals surface area contributed by atoms with Crippen molar-refractivity contribution in [2.45, 2.75) is 19.3 Å². The lowest BCUT2D eigenvalue weighted by molar-refractivity contribution is -0.137. The van der Waals surface area contributed by atoms with E-state index in [1.807, 2.05) is 0 Å². The first-order valence-corrected chi connectivity index (χ1v) is 5.31. The van der Waals surface area contributed by atoms with Crippen molar-refractivity contribution in [2.75, 3.05) is 6.61 Å². The molecular formula is C13H14F2O2. The van der Waals surface area contributed by atoms with Gasteiger partial charge in [-0.1, -0.05) is 30.3 Å². The Morgan fingerprint density at radius 3 is 2.59 bits per heavy atom. The summed E-state index contributed by atoms with van der Waals surface area (Å²) in [4.78, 5) is 10.9. The standard InChI is InChI=1S/C13H14F2O2/c1-2-17-12(16)8-9-13(14,15)10-11-6-4-3-5-7-11/h3-9H,2,10H2,1H3/b9-8+. The third kappa shape index (κ3) is 5.24. The first-order valence-electron chi connectivity index (χ1n) is 5.31. The molecule has 0 bridgehead atoms. The molecule has 0 heterocycles. The number of rotatable bonds is 5. The van der Waals surface area contributed by atoms with Gasteiger partial charge in [0.25, 0.3) is 5.92 Å². The van der Waals surface area contributed by atoms with E-state index >= 15 is 0 Å². The highest BCUT2D eigenvalue weighted by Gasteiger charge is 2.25. The molecule has 0 fully saturated rings. The molecule has 1 aromatic rings. The highest BCUT2D eigenvalue weighted by molar-refractivity contribution is 5.82. The van der Waals surface area contributed by atoms with Gasteiger partial charge in [0.2, 0.25) is 0 Å². The van der Waals surface area contributed by atoms with Crippen LogP contribution in [0.4, 0.5) is 8.78 Å². The van der Waals surface area contributed by atoms with Gasteiger partial charge in [0.05, 0.1) is 6.61 Å². The topological polar surface area (TPSA) is 26.3 Å². The van der Waals surface area contributed by atoms with E-state index in [0.717, 1.165) is 6.08 Å². The first kappa shape index (κ1) is 13.4. The predicted molar refractivity (Wildman–Crippen MR) is 60.9 cm³/mol. The molecule has 17 heavy (non-hydrogen) atoms. The fraction of sp³-hybridized carbons (Fsp3) is 0.308. The Morgan fingerprint density at radius 1 is 1.35 bits per heavy atom. The lowest BCUT2D eigenvalue weighted by atomic mass is 10.1. The summed E-state index contributed by atoms with van der Waals surface area (Å²) in [7, 11) is 0. The number of esters is 1. The molecule has 1 aromatic carbocycles. The second-order valence-corrected chi connectivity index (χ2v) is 3.51. The van der Waals surface area contributed by atoms with Crippen molar-refractivity contribution < 1.29 is 18.3 Å². The molecule has 0 aliphatic heterocycles. The predicted octanol–water partition coefficient (Wildman–Crippen LogP) is 2.98. The quantitative estimate of drug-likeness (QED) is 0.584. The molecule has 0 radical (unpaired) electrons. The number of alkyl halides is 2. The van der Waals surface area contributed by atoms with E-state index in [-0.39, 0.29) is 6.61 Å². The van der Waals surface area contributed by atoms with Gasteiger partial charge in [-0.25, -0.2) is 13.6 Å². The van der Waals surface area contributed by atoms with Gasteiger partial charge in [-0.3, -0.25) is 0 Å². The van der Waals surface area contributed by atoms with Gasteiger partial charge < -0.3 is 4.74 Å². The molecule has 0 atom stereocenters. The van der Waals surface area contributed by atoms with E-state index in [0.29, 0.717) is 11.6 Å². The van der Waals surface area contributed by atoms with E-state index in [1.54, 1.807) is 37.3 Å². The lowest BCUT2D eigenvalue weighted by Crippen LogP contribution is -2.16. The summed E-state index contributed by atoms with van der Waals surface area (Å²) >= 11 is 0. The second-order valence-electron chi connectivity index (χ2n) is 3.51. The summed E-state index contributed by atoms with van der Waals surface area (Å²) in [5, 5.41) is 0. The van der Waals surface area contributed by atoms with Crippen LogP contribution in [0, 0.1) is 0 Å². The lowest BCUT2D eigenvalue weighted by Gasteiger charge is -2.11. The maximum atomic E-state index is 13.4. The molecule has 2 nitrogen and oxygen atoms in total.